The number of nitrogens with zero attached hydrogens (tertiary/aromatic N) is 1. The highest BCUT2D eigenvalue weighted by molar-refractivity contribution is 14.1. The predicted molar refractivity (Wildman–Crippen MR) is 139 cm³/mol. The molecule has 0 bridgehead atoms. The lowest BCUT2D eigenvalue weighted by Crippen LogP contribution is -2.54. The molecule has 1 N–H and O–H groups in total. The van der Waals surface area contributed by atoms with Gasteiger partial charge in [0.15, 0.2) is 23.0 Å². The summed E-state index contributed by atoms with van der Waals surface area (Å²) >= 11 is 2.10. The average molecular weight is 612 g/mol. The first-order chi connectivity index (χ1) is 17.8. The summed E-state index contributed by atoms with van der Waals surface area (Å²) in [7, 11) is 1.39. The smallest absolute Gasteiger partial charge is 0.343 e. The number of esters is 1. The fourth-order valence-corrected chi connectivity index (χ4v) is 4.05. The molecule has 0 spiro atoms. The maximum Gasteiger partial charge on any atom is 0.343 e. The Kier molecular flexibility index (Phi) is 6.53. The monoisotopic (exact) mass is 612 g/mol. The first kappa shape index (κ1) is 24.3. The fraction of sp³-hybridized carbons (Fsp3) is 0.0769. The van der Waals surface area contributed by atoms with Gasteiger partial charge in [0.05, 0.1) is 18.4 Å². The molecule has 0 unspecified atom stereocenters. The third kappa shape index (κ3) is 4.85. The Hall–Kier alpha value is -4.39. The molecule has 2 aliphatic rings. The van der Waals surface area contributed by atoms with E-state index in [0.29, 0.717) is 22.7 Å². The molecule has 5 rings (SSSR count). The van der Waals surface area contributed by atoms with Gasteiger partial charge in [-0.1, -0.05) is 6.07 Å². The largest absolute Gasteiger partial charge is 0.493 e. The number of methoxy groups -OCH3 is 1. The number of halogens is 1. The molecule has 10 nitrogen and oxygen atoms in total. The zero-order valence-corrected chi connectivity index (χ0v) is 21.3. The van der Waals surface area contributed by atoms with Crippen molar-refractivity contribution < 1.29 is 38.1 Å². The highest BCUT2D eigenvalue weighted by Crippen LogP contribution is 2.34. The van der Waals surface area contributed by atoms with Crippen molar-refractivity contribution in [2.75, 3.05) is 18.8 Å². The second-order valence-corrected chi connectivity index (χ2v) is 9.05. The Morgan fingerprint density at radius 1 is 0.973 bits per heavy atom. The van der Waals surface area contributed by atoms with E-state index in [2.05, 4.69) is 27.9 Å². The maximum atomic E-state index is 13.1. The molecule has 2 aliphatic heterocycles. The van der Waals surface area contributed by atoms with Crippen LogP contribution in [0.4, 0.5) is 10.5 Å². The number of carbonyl (C=O) groups excluding carboxylic acids is 4. The lowest BCUT2D eigenvalue weighted by atomic mass is 10.1. The van der Waals surface area contributed by atoms with Crippen LogP contribution in [0.5, 0.6) is 23.0 Å². The third-order valence-electron chi connectivity index (χ3n) is 5.50. The zero-order chi connectivity index (χ0) is 26.1. The van der Waals surface area contributed by atoms with Gasteiger partial charge in [0, 0.05) is 3.57 Å². The first-order valence-corrected chi connectivity index (χ1v) is 11.9. The van der Waals surface area contributed by atoms with Crippen LogP contribution < -0.4 is 29.2 Å². The van der Waals surface area contributed by atoms with Crippen LogP contribution in [0.25, 0.3) is 6.08 Å². The summed E-state index contributed by atoms with van der Waals surface area (Å²) in [5.41, 5.74) is 0.743. The van der Waals surface area contributed by atoms with Crippen molar-refractivity contribution in [2.24, 2.45) is 0 Å². The third-order valence-corrected chi connectivity index (χ3v) is 6.22. The van der Waals surface area contributed by atoms with Crippen molar-refractivity contribution in [1.82, 2.24) is 5.32 Å². The number of carbonyl (C=O) groups is 4. The van der Waals surface area contributed by atoms with Crippen LogP contribution in [0.3, 0.4) is 0 Å². The van der Waals surface area contributed by atoms with Gasteiger partial charge >= 0.3 is 12.0 Å². The first-order valence-electron chi connectivity index (χ1n) is 10.8. The van der Waals surface area contributed by atoms with Crippen molar-refractivity contribution in [3.8, 4) is 23.0 Å². The molecule has 2 heterocycles. The van der Waals surface area contributed by atoms with Gasteiger partial charge in [0.25, 0.3) is 11.8 Å². The van der Waals surface area contributed by atoms with Crippen molar-refractivity contribution in [3.05, 3.63) is 80.9 Å². The zero-order valence-electron chi connectivity index (χ0n) is 19.1. The van der Waals surface area contributed by atoms with Gasteiger partial charge in [0.2, 0.25) is 6.79 Å². The average Bonchev–Trinajstić information content (AvgIpc) is 3.36. The van der Waals surface area contributed by atoms with Gasteiger partial charge in [-0.2, -0.15) is 0 Å². The molecule has 1 fully saturated rings. The normalized spacial score (nSPS) is 15.6. The summed E-state index contributed by atoms with van der Waals surface area (Å²) in [6, 6.07) is 15.1. The van der Waals surface area contributed by atoms with Crippen LogP contribution in [0.15, 0.2) is 66.2 Å². The highest BCUT2D eigenvalue weighted by Gasteiger charge is 2.36. The van der Waals surface area contributed by atoms with E-state index in [9.17, 15) is 19.2 Å². The van der Waals surface area contributed by atoms with Gasteiger partial charge in [-0.3, -0.25) is 14.9 Å². The van der Waals surface area contributed by atoms with E-state index in [1.807, 2.05) is 0 Å². The number of hydrogen-bond donors (Lipinski definition) is 1. The number of nitrogens with one attached hydrogen (secondary N) is 1. The minimum absolute atomic E-state index is 0.0792. The van der Waals surface area contributed by atoms with E-state index >= 15 is 0 Å². The van der Waals surface area contributed by atoms with E-state index in [4.69, 9.17) is 18.9 Å². The molecule has 4 amide bonds. The van der Waals surface area contributed by atoms with E-state index in [1.54, 1.807) is 42.5 Å². The lowest BCUT2D eigenvalue weighted by Gasteiger charge is -2.26. The van der Waals surface area contributed by atoms with Crippen LogP contribution in [-0.4, -0.2) is 37.7 Å². The van der Waals surface area contributed by atoms with Crippen molar-refractivity contribution in [3.63, 3.8) is 0 Å². The second kappa shape index (κ2) is 9.93. The molecule has 37 heavy (non-hydrogen) atoms. The van der Waals surface area contributed by atoms with Gasteiger partial charge < -0.3 is 18.9 Å². The summed E-state index contributed by atoms with van der Waals surface area (Å²) in [5, 5.41) is 2.18. The summed E-state index contributed by atoms with van der Waals surface area (Å²) in [4.78, 5) is 51.5. The van der Waals surface area contributed by atoms with E-state index < -0.39 is 23.8 Å². The molecule has 3 aromatic rings. The number of fused-ring (bicyclic) bond motifs is 1. The molecular formula is C26H17IN2O8. The molecule has 0 aliphatic carbocycles. The number of anilines is 1. The summed E-state index contributed by atoms with van der Waals surface area (Å²) in [6.07, 6.45) is 1.33. The quantitative estimate of drug-likeness (QED) is 0.152. The number of barbiturate groups is 1. The topological polar surface area (TPSA) is 120 Å². The molecule has 186 valence electrons. The number of amides is 4. The maximum absolute atomic E-state index is 13.1. The van der Waals surface area contributed by atoms with Gasteiger partial charge in [0.1, 0.15) is 5.57 Å². The summed E-state index contributed by atoms with van der Waals surface area (Å²) in [6.45, 7) is 0.0792. The predicted octanol–water partition coefficient (Wildman–Crippen LogP) is 3.91. The Morgan fingerprint density at radius 2 is 1.73 bits per heavy atom. The molecule has 1 saturated heterocycles. The number of rotatable bonds is 5. The Bertz CT molecular complexity index is 1480. The standard InChI is InChI=1S/C26H17IN2O8/c1-34-21-11-14(2-8-20(21)37-25(32)15-3-9-19-22(12-15)36-13-35-19)10-18-23(30)28-26(33)29(24(18)31)17-6-4-16(27)5-7-17/h2-12H,13H2,1H3,(H,28,30,33)/b18-10+. The molecule has 0 atom stereocenters. The Labute approximate surface area is 223 Å². The molecule has 0 saturated carbocycles. The van der Waals surface area contributed by atoms with Crippen molar-refractivity contribution in [1.29, 1.82) is 0 Å². The minimum atomic E-state index is -0.836. The van der Waals surface area contributed by atoms with E-state index in [1.165, 1.54) is 31.4 Å². The number of imide groups is 2. The van der Waals surface area contributed by atoms with Gasteiger partial charge in [-0.15, -0.1) is 0 Å². The van der Waals surface area contributed by atoms with Crippen LogP contribution in [-0.2, 0) is 9.59 Å². The highest BCUT2D eigenvalue weighted by atomic mass is 127. The minimum Gasteiger partial charge on any atom is -0.493 e. The number of benzene rings is 3. The van der Waals surface area contributed by atoms with E-state index in [0.717, 1.165) is 8.47 Å². The Morgan fingerprint density at radius 3 is 2.49 bits per heavy atom. The fourth-order valence-electron chi connectivity index (χ4n) is 3.69. The molecule has 0 aromatic heterocycles. The molecular weight excluding hydrogens is 595 g/mol. The molecule has 0 radical (unpaired) electrons. The van der Waals surface area contributed by atoms with Gasteiger partial charge in [-0.05, 0) is 88.8 Å². The van der Waals surface area contributed by atoms with Crippen LogP contribution in [0.1, 0.15) is 15.9 Å². The number of hydrogen-bond acceptors (Lipinski definition) is 8. The van der Waals surface area contributed by atoms with Gasteiger partial charge in [-0.25, -0.2) is 14.5 Å². The van der Waals surface area contributed by atoms with Crippen LogP contribution in [0, 0.1) is 3.57 Å². The Balaban J connectivity index is 1.40. The number of ether oxygens (including phenoxy) is 4. The second-order valence-electron chi connectivity index (χ2n) is 7.80. The molecule has 3 aromatic carbocycles. The van der Waals surface area contributed by atoms with Crippen molar-refractivity contribution >= 4 is 58.2 Å². The van der Waals surface area contributed by atoms with E-state index in [-0.39, 0.29) is 29.4 Å². The number of urea groups is 1. The van der Waals surface area contributed by atoms with Crippen LogP contribution >= 0.6 is 22.6 Å². The lowest BCUT2D eigenvalue weighted by molar-refractivity contribution is -0.122. The molecule has 11 heteroatoms. The SMILES string of the molecule is COc1cc(/C=C2\C(=O)NC(=O)N(c3ccc(I)cc3)C2=O)ccc1OC(=O)c1ccc2c(c1)OCO2. The summed E-state index contributed by atoms with van der Waals surface area (Å²) < 4.78 is 22.3. The summed E-state index contributed by atoms with van der Waals surface area (Å²) in [5.74, 6) is -0.940. The van der Waals surface area contributed by atoms with Crippen LogP contribution in [0.2, 0.25) is 0 Å². The van der Waals surface area contributed by atoms with Crippen molar-refractivity contribution in [2.45, 2.75) is 0 Å².